The van der Waals surface area contributed by atoms with Crippen LogP contribution in [0.1, 0.15) is 38.7 Å². The SMILES string of the molecule is CC1CCC(Nc2snc(N)c2C#N)CC1C. The summed E-state index contributed by atoms with van der Waals surface area (Å²) in [5.41, 5.74) is 6.14. The molecule has 3 unspecified atom stereocenters. The zero-order chi connectivity index (χ0) is 12.4. The lowest BCUT2D eigenvalue weighted by Crippen LogP contribution is -2.30. The Kier molecular flexibility index (Phi) is 3.53. The summed E-state index contributed by atoms with van der Waals surface area (Å²) in [5.74, 6) is 1.88. The van der Waals surface area contributed by atoms with Crippen LogP contribution in [0.15, 0.2) is 0 Å². The van der Waals surface area contributed by atoms with Crippen molar-refractivity contribution in [3.05, 3.63) is 5.56 Å². The van der Waals surface area contributed by atoms with Gasteiger partial charge in [0.25, 0.3) is 0 Å². The minimum atomic E-state index is 0.345. The maximum Gasteiger partial charge on any atom is 0.157 e. The highest BCUT2D eigenvalue weighted by Crippen LogP contribution is 2.33. The van der Waals surface area contributed by atoms with Crippen LogP contribution in [-0.2, 0) is 0 Å². The molecular formula is C12H18N4S. The molecule has 0 radical (unpaired) electrons. The summed E-state index contributed by atoms with van der Waals surface area (Å²) in [7, 11) is 0. The zero-order valence-corrected chi connectivity index (χ0v) is 11.0. The van der Waals surface area contributed by atoms with Crippen molar-refractivity contribution in [1.29, 1.82) is 5.26 Å². The van der Waals surface area contributed by atoms with Crippen molar-refractivity contribution in [2.75, 3.05) is 11.1 Å². The predicted octanol–water partition coefficient (Wildman–Crippen LogP) is 2.83. The molecule has 1 saturated carbocycles. The van der Waals surface area contributed by atoms with Crippen molar-refractivity contribution in [2.24, 2.45) is 11.8 Å². The Labute approximate surface area is 106 Å². The average Bonchev–Trinajstić information content (AvgIpc) is 2.64. The first-order valence-electron chi connectivity index (χ1n) is 6.03. The second kappa shape index (κ2) is 4.92. The molecule has 1 heterocycles. The fraction of sp³-hybridized carbons (Fsp3) is 0.667. The number of anilines is 2. The molecule has 3 N–H and O–H groups in total. The molecule has 0 bridgehead atoms. The maximum atomic E-state index is 9.01. The number of nitriles is 1. The van der Waals surface area contributed by atoms with Crippen molar-refractivity contribution in [3.63, 3.8) is 0 Å². The summed E-state index contributed by atoms with van der Waals surface area (Å²) < 4.78 is 4.02. The topological polar surface area (TPSA) is 74.7 Å². The third-order valence-corrected chi connectivity index (χ3v) is 4.56. The first-order chi connectivity index (χ1) is 8.11. The van der Waals surface area contributed by atoms with Gasteiger partial charge < -0.3 is 11.1 Å². The number of rotatable bonds is 2. The van der Waals surface area contributed by atoms with Crippen LogP contribution in [-0.4, -0.2) is 10.4 Å². The number of aromatic nitrogens is 1. The highest BCUT2D eigenvalue weighted by molar-refractivity contribution is 7.10. The summed E-state index contributed by atoms with van der Waals surface area (Å²) in [6.07, 6.45) is 3.56. The number of nitrogens with two attached hydrogens (primary N) is 1. The minimum Gasteiger partial charge on any atom is -0.382 e. The molecule has 1 aromatic rings. The van der Waals surface area contributed by atoms with Crippen molar-refractivity contribution in [2.45, 2.75) is 39.2 Å². The van der Waals surface area contributed by atoms with Gasteiger partial charge in [-0.3, -0.25) is 0 Å². The smallest absolute Gasteiger partial charge is 0.157 e. The van der Waals surface area contributed by atoms with E-state index in [1.54, 1.807) is 0 Å². The fourth-order valence-corrected chi connectivity index (χ4v) is 3.11. The van der Waals surface area contributed by atoms with Crippen LogP contribution in [0.25, 0.3) is 0 Å². The van der Waals surface area contributed by atoms with E-state index in [-0.39, 0.29) is 0 Å². The van der Waals surface area contributed by atoms with Gasteiger partial charge in [-0.25, -0.2) is 0 Å². The Morgan fingerprint density at radius 1 is 1.41 bits per heavy atom. The van der Waals surface area contributed by atoms with Gasteiger partial charge >= 0.3 is 0 Å². The average molecular weight is 250 g/mol. The number of nitrogens with zero attached hydrogens (tertiary/aromatic N) is 2. The highest BCUT2D eigenvalue weighted by Gasteiger charge is 2.25. The monoisotopic (exact) mass is 250 g/mol. The lowest BCUT2D eigenvalue weighted by atomic mass is 9.79. The first kappa shape index (κ1) is 12.2. The van der Waals surface area contributed by atoms with Gasteiger partial charge in [0.1, 0.15) is 16.6 Å². The molecule has 92 valence electrons. The van der Waals surface area contributed by atoms with E-state index in [0.717, 1.165) is 29.7 Å². The van der Waals surface area contributed by atoms with Crippen LogP contribution >= 0.6 is 11.5 Å². The molecule has 1 aromatic heterocycles. The molecule has 1 aliphatic rings. The molecule has 3 atom stereocenters. The van der Waals surface area contributed by atoms with Gasteiger partial charge in [0, 0.05) is 6.04 Å². The minimum absolute atomic E-state index is 0.345. The van der Waals surface area contributed by atoms with Gasteiger partial charge in [0.15, 0.2) is 5.82 Å². The third kappa shape index (κ3) is 2.52. The lowest BCUT2D eigenvalue weighted by molar-refractivity contribution is 0.261. The van der Waals surface area contributed by atoms with Gasteiger partial charge in [-0.05, 0) is 42.6 Å². The van der Waals surface area contributed by atoms with E-state index in [9.17, 15) is 0 Å². The van der Waals surface area contributed by atoms with Crippen molar-refractivity contribution in [1.82, 2.24) is 4.37 Å². The molecule has 0 aromatic carbocycles. The van der Waals surface area contributed by atoms with Crippen molar-refractivity contribution < 1.29 is 0 Å². The Balaban J connectivity index is 2.04. The van der Waals surface area contributed by atoms with E-state index in [1.165, 1.54) is 18.0 Å². The standard InChI is InChI=1S/C12H18N4S/c1-7-3-4-9(5-8(7)2)15-12-10(6-13)11(14)16-17-12/h7-9,15H,3-5H2,1-2H3,(H2,14,16). The lowest BCUT2D eigenvalue weighted by Gasteiger charge is -2.32. The normalized spacial score (nSPS) is 28.6. The fourth-order valence-electron chi connectivity index (χ4n) is 2.37. The summed E-state index contributed by atoms with van der Waals surface area (Å²) in [6, 6.07) is 2.57. The second-order valence-corrected chi connectivity index (χ2v) is 5.77. The molecule has 4 nitrogen and oxygen atoms in total. The molecule has 5 heteroatoms. The van der Waals surface area contributed by atoms with E-state index >= 15 is 0 Å². The molecule has 0 amide bonds. The van der Waals surface area contributed by atoms with Crippen LogP contribution in [0.4, 0.5) is 10.8 Å². The van der Waals surface area contributed by atoms with Crippen LogP contribution in [0.3, 0.4) is 0 Å². The third-order valence-electron chi connectivity index (χ3n) is 3.76. The largest absolute Gasteiger partial charge is 0.382 e. The van der Waals surface area contributed by atoms with Gasteiger partial charge in [0.2, 0.25) is 0 Å². The molecule has 0 saturated heterocycles. The molecule has 2 rings (SSSR count). The van der Waals surface area contributed by atoms with E-state index in [0.29, 0.717) is 17.4 Å². The maximum absolute atomic E-state index is 9.01. The summed E-state index contributed by atoms with van der Waals surface area (Å²) >= 11 is 1.29. The number of hydrogen-bond donors (Lipinski definition) is 2. The Bertz CT molecular complexity index is 434. The molecule has 17 heavy (non-hydrogen) atoms. The van der Waals surface area contributed by atoms with Crippen LogP contribution in [0.2, 0.25) is 0 Å². The summed E-state index contributed by atoms with van der Waals surface area (Å²) in [4.78, 5) is 0. The number of hydrogen-bond acceptors (Lipinski definition) is 5. The molecule has 1 aliphatic carbocycles. The Hall–Kier alpha value is -1.28. The molecule has 0 aliphatic heterocycles. The van der Waals surface area contributed by atoms with Gasteiger partial charge in [-0.2, -0.15) is 9.64 Å². The van der Waals surface area contributed by atoms with Crippen LogP contribution in [0, 0.1) is 23.2 Å². The van der Waals surface area contributed by atoms with Gasteiger partial charge in [-0.1, -0.05) is 13.8 Å². The number of nitrogen functional groups attached to an aromatic ring is 1. The Morgan fingerprint density at radius 3 is 2.82 bits per heavy atom. The molecule has 0 spiro atoms. The van der Waals surface area contributed by atoms with Gasteiger partial charge in [-0.15, -0.1) is 0 Å². The van der Waals surface area contributed by atoms with E-state index in [2.05, 4.69) is 29.6 Å². The van der Waals surface area contributed by atoms with Crippen molar-refractivity contribution in [3.8, 4) is 6.07 Å². The predicted molar refractivity (Wildman–Crippen MR) is 70.8 cm³/mol. The highest BCUT2D eigenvalue weighted by atomic mass is 32.1. The van der Waals surface area contributed by atoms with E-state index in [4.69, 9.17) is 11.0 Å². The Morgan fingerprint density at radius 2 is 2.18 bits per heavy atom. The summed E-state index contributed by atoms with van der Waals surface area (Å²) in [6.45, 7) is 4.61. The molecular weight excluding hydrogens is 232 g/mol. The zero-order valence-electron chi connectivity index (χ0n) is 10.2. The second-order valence-electron chi connectivity index (χ2n) is 4.99. The van der Waals surface area contributed by atoms with E-state index < -0.39 is 0 Å². The first-order valence-corrected chi connectivity index (χ1v) is 6.81. The van der Waals surface area contributed by atoms with Crippen LogP contribution < -0.4 is 11.1 Å². The quantitative estimate of drug-likeness (QED) is 0.846. The van der Waals surface area contributed by atoms with Gasteiger partial charge in [0.05, 0.1) is 0 Å². The molecule has 1 fully saturated rings. The van der Waals surface area contributed by atoms with E-state index in [1.807, 2.05) is 0 Å². The number of nitrogens with one attached hydrogen (secondary N) is 1. The summed E-state index contributed by atoms with van der Waals surface area (Å²) in [5, 5.41) is 13.3. The van der Waals surface area contributed by atoms with Crippen LogP contribution in [0.5, 0.6) is 0 Å². The van der Waals surface area contributed by atoms with Crippen molar-refractivity contribution >= 4 is 22.4 Å².